The Morgan fingerprint density at radius 2 is 2.22 bits per heavy atom. The molecule has 0 radical (unpaired) electrons. The lowest BCUT2D eigenvalue weighted by Crippen LogP contribution is -2.01. The third-order valence-corrected chi connectivity index (χ3v) is 3.96. The fourth-order valence-corrected chi connectivity index (χ4v) is 2.61. The number of nitrogens with zero attached hydrogens (tertiary/aromatic N) is 2. The Morgan fingerprint density at radius 3 is 2.89 bits per heavy atom. The lowest BCUT2D eigenvalue weighted by Gasteiger charge is -2.09. The summed E-state index contributed by atoms with van der Waals surface area (Å²) in [6.45, 7) is 2.74. The lowest BCUT2D eigenvalue weighted by molar-refractivity contribution is 0.410. The van der Waals surface area contributed by atoms with E-state index in [0.29, 0.717) is 6.54 Å². The summed E-state index contributed by atoms with van der Waals surface area (Å²) in [7, 11) is 1.67. The van der Waals surface area contributed by atoms with Gasteiger partial charge < -0.3 is 10.1 Å². The molecule has 0 amide bonds. The molecule has 2 rings (SSSR count). The Morgan fingerprint density at radius 1 is 1.39 bits per heavy atom. The van der Waals surface area contributed by atoms with Gasteiger partial charge in [0.1, 0.15) is 10.8 Å². The molecule has 0 unspecified atom stereocenters. The van der Waals surface area contributed by atoms with Gasteiger partial charge in [0.05, 0.1) is 7.11 Å². The summed E-state index contributed by atoms with van der Waals surface area (Å²) in [6, 6.07) is 5.94. The number of ether oxygens (including phenoxy) is 1. The van der Waals surface area contributed by atoms with E-state index in [1.807, 2.05) is 18.2 Å². The highest BCUT2D eigenvalue weighted by Gasteiger charge is 2.06. The van der Waals surface area contributed by atoms with Crippen LogP contribution in [0.25, 0.3) is 0 Å². The number of hydrogen-bond acceptors (Lipinski definition) is 5. The molecule has 0 fully saturated rings. The number of nitrogens with one attached hydrogen (secondary N) is 1. The van der Waals surface area contributed by atoms with E-state index in [1.165, 1.54) is 0 Å². The molecule has 0 aliphatic carbocycles. The smallest absolute Gasteiger partial charge is 0.205 e. The van der Waals surface area contributed by atoms with Gasteiger partial charge in [-0.05, 0) is 24.6 Å². The summed E-state index contributed by atoms with van der Waals surface area (Å²) < 4.78 is 6.36. The van der Waals surface area contributed by atoms with E-state index in [0.717, 1.165) is 32.3 Å². The van der Waals surface area contributed by atoms with E-state index in [2.05, 4.69) is 38.4 Å². The molecule has 0 aliphatic rings. The van der Waals surface area contributed by atoms with E-state index in [4.69, 9.17) is 4.74 Å². The van der Waals surface area contributed by atoms with Gasteiger partial charge in [0.15, 0.2) is 0 Å². The van der Waals surface area contributed by atoms with Crippen LogP contribution in [0.15, 0.2) is 22.7 Å². The average molecular weight is 328 g/mol. The Labute approximate surface area is 119 Å². The van der Waals surface area contributed by atoms with Crippen LogP contribution in [0.5, 0.6) is 5.75 Å². The van der Waals surface area contributed by atoms with Crippen molar-refractivity contribution in [1.82, 2.24) is 10.2 Å². The first-order valence-corrected chi connectivity index (χ1v) is 7.22. The van der Waals surface area contributed by atoms with Gasteiger partial charge in [0.25, 0.3) is 0 Å². The molecule has 1 aromatic heterocycles. The van der Waals surface area contributed by atoms with Crippen molar-refractivity contribution in [2.24, 2.45) is 0 Å². The third-order valence-electron chi connectivity index (χ3n) is 2.44. The van der Waals surface area contributed by atoms with Crippen molar-refractivity contribution in [3.63, 3.8) is 0 Å². The number of halogens is 1. The molecule has 0 spiro atoms. The van der Waals surface area contributed by atoms with Crippen LogP contribution >= 0.6 is 27.3 Å². The molecular weight excluding hydrogens is 314 g/mol. The molecule has 96 valence electrons. The Hall–Kier alpha value is -1.14. The minimum Gasteiger partial charge on any atom is -0.496 e. The maximum Gasteiger partial charge on any atom is 0.205 e. The van der Waals surface area contributed by atoms with Gasteiger partial charge in [-0.15, -0.1) is 10.2 Å². The molecule has 4 nitrogen and oxygen atoms in total. The molecule has 0 saturated carbocycles. The third kappa shape index (κ3) is 3.20. The fourth-order valence-electron chi connectivity index (χ4n) is 1.52. The second-order valence-electron chi connectivity index (χ2n) is 3.66. The van der Waals surface area contributed by atoms with Crippen LogP contribution in [-0.4, -0.2) is 17.3 Å². The van der Waals surface area contributed by atoms with Crippen LogP contribution in [-0.2, 0) is 13.0 Å². The summed E-state index contributed by atoms with van der Waals surface area (Å²) >= 11 is 5.04. The van der Waals surface area contributed by atoms with Gasteiger partial charge in [0.2, 0.25) is 5.13 Å². The second kappa shape index (κ2) is 6.15. The zero-order valence-corrected chi connectivity index (χ0v) is 12.6. The van der Waals surface area contributed by atoms with Crippen LogP contribution in [0.2, 0.25) is 0 Å². The number of methoxy groups -OCH3 is 1. The number of aryl methyl sites for hydroxylation is 1. The van der Waals surface area contributed by atoms with Gasteiger partial charge >= 0.3 is 0 Å². The topological polar surface area (TPSA) is 47.0 Å². The first kappa shape index (κ1) is 13.3. The first-order chi connectivity index (χ1) is 8.72. The minimum atomic E-state index is 0.668. The van der Waals surface area contributed by atoms with E-state index < -0.39 is 0 Å². The number of hydrogen-bond donors (Lipinski definition) is 1. The molecule has 0 aliphatic heterocycles. The van der Waals surface area contributed by atoms with Crippen molar-refractivity contribution in [2.45, 2.75) is 19.9 Å². The molecule has 1 N–H and O–H groups in total. The van der Waals surface area contributed by atoms with Gasteiger partial charge in [-0.1, -0.05) is 34.2 Å². The van der Waals surface area contributed by atoms with Crippen LogP contribution < -0.4 is 10.1 Å². The highest BCUT2D eigenvalue weighted by molar-refractivity contribution is 9.10. The van der Waals surface area contributed by atoms with E-state index in [9.17, 15) is 0 Å². The largest absolute Gasteiger partial charge is 0.496 e. The van der Waals surface area contributed by atoms with Crippen molar-refractivity contribution >= 4 is 32.4 Å². The monoisotopic (exact) mass is 327 g/mol. The lowest BCUT2D eigenvalue weighted by atomic mass is 10.2. The normalized spacial score (nSPS) is 10.4. The van der Waals surface area contributed by atoms with Crippen molar-refractivity contribution in [1.29, 1.82) is 0 Å². The van der Waals surface area contributed by atoms with Gasteiger partial charge in [-0.2, -0.15) is 0 Å². The zero-order chi connectivity index (χ0) is 13.0. The quantitative estimate of drug-likeness (QED) is 0.913. The molecular formula is C12H14BrN3OS. The van der Waals surface area contributed by atoms with Crippen molar-refractivity contribution in [2.75, 3.05) is 12.4 Å². The minimum absolute atomic E-state index is 0.668. The first-order valence-electron chi connectivity index (χ1n) is 5.61. The standard InChI is InChI=1S/C12H14BrN3OS/c1-3-11-15-16-12(18-11)14-7-8-6-9(13)4-5-10(8)17-2/h4-6H,3,7H2,1-2H3,(H,14,16). The highest BCUT2D eigenvalue weighted by Crippen LogP contribution is 2.24. The maximum absolute atomic E-state index is 5.32. The zero-order valence-electron chi connectivity index (χ0n) is 10.2. The van der Waals surface area contributed by atoms with E-state index in [1.54, 1.807) is 18.4 Å². The summed E-state index contributed by atoms with van der Waals surface area (Å²) in [5, 5.41) is 13.3. The number of benzene rings is 1. The van der Waals surface area contributed by atoms with Crippen LogP contribution in [0.1, 0.15) is 17.5 Å². The predicted molar refractivity (Wildman–Crippen MR) is 77.3 cm³/mol. The molecule has 2 aromatic rings. The Bertz CT molecular complexity index is 530. The molecule has 1 aromatic carbocycles. The van der Waals surface area contributed by atoms with Crippen molar-refractivity contribution in [3.05, 3.63) is 33.2 Å². The Balaban J connectivity index is 2.07. The van der Waals surface area contributed by atoms with Crippen LogP contribution in [0.3, 0.4) is 0 Å². The van der Waals surface area contributed by atoms with E-state index >= 15 is 0 Å². The molecule has 1 heterocycles. The number of anilines is 1. The van der Waals surface area contributed by atoms with Gasteiger partial charge in [-0.3, -0.25) is 0 Å². The van der Waals surface area contributed by atoms with Gasteiger partial charge in [-0.25, -0.2) is 0 Å². The molecule has 0 saturated heterocycles. The number of rotatable bonds is 5. The maximum atomic E-state index is 5.32. The van der Waals surface area contributed by atoms with Gasteiger partial charge in [0, 0.05) is 16.6 Å². The SMILES string of the molecule is CCc1nnc(NCc2cc(Br)ccc2OC)s1. The Kier molecular flexibility index (Phi) is 4.54. The van der Waals surface area contributed by atoms with E-state index in [-0.39, 0.29) is 0 Å². The molecule has 18 heavy (non-hydrogen) atoms. The van der Waals surface area contributed by atoms with Crippen LogP contribution in [0, 0.1) is 0 Å². The van der Waals surface area contributed by atoms with Crippen molar-refractivity contribution in [3.8, 4) is 5.75 Å². The summed E-state index contributed by atoms with van der Waals surface area (Å²) in [5.41, 5.74) is 1.08. The second-order valence-corrected chi connectivity index (χ2v) is 5.64. The average Bonchev–Trinajstić information content (AvgIpc) is 2.84. The fraction of sp³-hybridized carbons (Fsp3) is 0.333. The number of aromatic nitrogens is 2. The summed E-state index contributed by atoms with van der Waals surface area (Å²) in [5.74, 6) is 0.867. The highest BCUT2D eigenvalue weighted by atomic mass is 79.9. The molecule has 6 heteroatoms. The molecule has 0 bridgehead atoms. The predicted octanol–water partition coefficient (Wildman–Crippen LogP) is 3.48. The summed E-state index contributed by atoms with van der Waals surface area (Å²) in [4.78, 5) is 0. The summed E-state index contributed by atoms with van der Waals surface area (Å²) in [6.07, 6.45) is 0.916. The molecule has 0 atom stereocenters. The van der Waals surface area contributed by atoms with Crippen LogP contribution in [0.4, 0.5) is 5.13 Å². The van der Waals surface area contributed by atoms with Crippen molar-refractivity contribution < 1.29 is 4.74 Å².